The van der Waals surface area contributed by atoms with E-state index in [1.54, 1.807) is 11.8 Å². The van der Waals surface area contributed by atoms with Crippen LogP contribution in [0, 0.1) is 5.82 Å². The zero-order chi connectivity index (χ0) is 15.1. The second-order valence-electron chi connectivity index (χ2n) is 4.56. The Kier molecular flexibility index (Phi) is 5.81. The second-order valence-corrected chi connectivity index (χ2v) is 5.44. The molecule has 4 heteroatoms. The SMILES string of the molecule is CSc1ccc(OCCCC(=O)c2ccc(F)cc2)cc1. The van der Waals surface area contributed by atoms with Crippen molar-refractivity contribution < 1.29 is 13.9 Å². The van der Waals surface area contributed by atoms with Crippen LogP contribution in [0.1, 0.15) is 23.2 Å². The average Bonchev–Trinajstić information content (AvgIpc) is 2.52. The Bertz CT molecular complexity index is 579. The molecule has 0 saturated carbocycles. The van der Waals surface area contributed by atoms with Crippen LogP contribution in [0.25, 0.3) is 0 Å². The van der Waals surface area contributed by atoms with E-state index in [0.29, 0.717) is 25.0 Å². The van der Waals surface area contributed by atoms with Crippen LogP contribution in [-0.4, -0.2) is 18.6 Å². The number of rotatable bonds is 7. The zero-order valence-electron chi connectivity index (χ0n) is 11.8. The molecule has 0 heterocycles. The Hall–Kier alpha value is -1.81. The minimum Gasteiger partial charge on any atom is -0.494 e. The molecule has 0 aromatic heterocycles. The first kappa shape index (κ1) is 15.6. The number of ether oxygens (including phenoxy) is 1. The van der Waals surface area contributed by atoms with Gasteiger partial charge in [0.1, 0.15) is 11.6 Å². The molecular weight excluding hydrogens is 287 g/mol. The van der Waals surface area contributed by atoms with Crippen LogP contribution in [0.2, 0.25) is 0 Å². The van der Waals surface area contributed by atoms with Gasteiger partial charge in [0.2, 0.25) is 0 Å². The fourth-order valence-corrected chi connectivity index (χ4v) is 2.28. The van der Waals surface area contributed by atoms with Crippen molar-refractivity contribution in [1.29, 1.82) is 0 Å². The number of carbonyl (C=O) groups is 1. The molecule has 0 fully saturated rings. The molecule has 21 heavy (non-hydrogen) atoms. The lowest BCUT2D eigenvalue weighted by Crippen LogP contribution is -2.04. The van der Waals surface area contributed by atoms with E-state index < -0.39 is 0 Å². The quantitative estimate of drug-likeness (QED) is 0.425. The molecule has 2 rings (SSSR count). The molecule has 110 valence electrons. The van der Waals surface area contributed by atoms with E-state index in [4.69, 9.17) is 4.74 Å². The van der Waals surface area contributed by atoms with Gasteiger partial charge in [-0.25, -0.2) is 4.39 Å². The van der Waals surface area contributed by atoms with Crippen molar-refractivity contribution in [2.24, 2.45) is 0 Å². The summed E-state index contributed by atoms with van der Waals surface area (Å²) in [4.78, 5) is 13.1. The molecule has 2 nitrogen and oxygen atoms in total. The lowest BCUT2D eigenvalue weighted by atomic mass is 10.1. The van der Waals surface area contributed by atoms with Gasteiger partial charge in [-0.2, -0.15) is 0 Å². The van der Waals surface area contributed by atoms with Gasteiger partial charge >= 0.3 is 0 Å². The summed E-state index contributed by atoms with van der Waals surface area (Å²) >= 11 is 1.68. The number of hydrogen-bond donors (Lipinski definition) is 0. The van der Waals surface area contributed by atoms with Crippen molar-refractivity contribution in [3.63, 3.8) is 0 Å². The molecule has 2 aromatic rings. The molecule has 0 N–H and O–H groups in total. The first-order valence-electron chi connectivity index (χ1n) is 6.74. The first-order valence-corrected chi connectivity index (χ1v) is 7.97. The summed E-state index contributed by atoms with van der Waals surface area (Å²) in [5, 5.41) is 0. The van der Waals surface area contributed by atoms with Crippen molar-refractivity contribution in [3.05, 3.63) is 59.9 Å². The number of benzene rings is 2. The molecule has 0 bridgehead atoms. The van der Waals surface area contributed by atoms with Gasteiger partial charge in [-0.3, -0.25) is 4.79 Å². The Morgan fingerprint density at radius 3 is 2.38 bits per heavy atom. The van der Waals surface area contributed by atoms with Crippen LogP contribution in [0.4, 0.5) is 4.39 Å². The Morgan fingerprint density at radius 2 is 1.76 bits per heavy atom. The minimum absolute atomic E-state index is 0.0105. The summed E-state index contributed by atoms with van der Waals surface area (Å²) in [5.74, 6) is 0.488. The standard InChI is InChI=1S/C17H17FO2S/c1-21-16-10-8-15(9-11-16)20-12-2-3-17(19)13-4-6-14(18)7-5-13/h4-11H,2-3,12H2,1H3. The highest BCUT2D eigenvalue weighted by Gasteiger charge is 2.05. The van der Waals surface area contributed by atoms with E-state index in [-0.39, 0.29) is 11.6 Å². The van der Waals surface area contributed by atoms with Gasteiger partial charge in [0.05, 0.1) is 6.61 Å². The van der Waals surface area contributed by atoms with Crippen molar-refractivity contribution in [2.75, 3.05) is 12.9 Å². The molecule has 0 saturated heterocycles. The molecular formula is C17H17FO2S. The van der Waals surface area contributed by atoms with Crippen LogP contribution in [0.3, 0.4) is 0 Å². The molecule has 0 spiro atoms. The van der Waals surface area contributed by atoms with Crippen LogP contribution >= 0.6 is 11.8 Å². The molecule has 0 aliphatic heterocycles. The van der Waals surface area contributed by atoms with Crippen molar-refractivity contribution >= 4 is 17.5 Å². The van der Waals surface area contributed by atoms with E-state index >= 15 is 0 Å². The van der Waals surface area contributed by atoms with E-state index in [0.717, 1.165) is 5.75 Å². The maximum atomic E-state index is 12.8. The normalized spacial score (nSPS) is 10.4. The highest BCUT2D eigenvalue weighted by molar-refractivity contribution is 7.98. The van der Waals surface area contributed by atoms with Gasteiger partial charge in [0.15, 0.2) is 5.78 Å². The third-order valence-electron chi connectivity index (χ3n) is 3.04. The lowest BCUT2D eigenvalue weighted by Gasteiger charge is -2.06. The van der Waals surface area contributed by atoms with E-state index in [2.05, 4.69) is 0 Å². The van der Waals surface area contributed by atoms with Crippen LogP contribution < -0.4 is 4.74 Å². The molecule has 0 aliphatic rings. The first-order chi connectivity index (χ1) is 10.2. The largest absolute Gasteiger partial charge is 0.494 e. The van der Waals surface area contributed by atoms with Crippen molar-refractivity contribution in [2.45, 2.75) is 17.7 Å². The number of halogens is 1. The van der Waals surface area contributed by atoms with E-state index in [1.165, 1.54) is 29.2 Å². The predicted octanol–water partition coefficient (Wildman–Crippen LogP) is 4.59. The predicted molar refractivity (Wildman–Crippen MR) is 83.7 cm³/mol. The molecule has 0 atom stereocenters. The van der Waals surface area contributed by atoms with Gasteiger partial charge in [-0.15, -0.1) is 11.8 Å². The third-order valence-corrected chi connectivity index (χ3v) is 3.79. The summed E-state index contributed by atoms with van der Waals surface area (Å²) < 4.78 is 18.4. The maximum Gasteiger partial charge on any atom is 0.163 e. The Balaban J connectivity index is 1.73. The van der Waals surface area contributed by atoms with Crippen molar-refractivity contribution in [1.82, 2.24) is 0 Å². The number of thioether (sulfide) groups is 1. The van der Waals surface area contributed by atoms with E-state index in [1.807, 2.05) is 30.5 Å². The molecule has 0 amide bonds. The van der Waals surface area contributed by atoms with Gasteiger partial charge in [-0.05, 0) is 61.2 Å². The topological polar surface area (TPSA) is 26.3 Å². The van der Waals surface area contributed by atoms with Crippen molar-refractivity contribution in [3.8, 4) is 5.75 Å². The van der Waals surface area contributed by atoms with Gasteiger partial charge < -0.3 is 4.74 Å². The lowest BCUT2D eigenvalue weighted by molar-refractivity contribution is 0.0973. The monoisotopic (exact) mass is 304 g/mol. The fourth-order valence-electron chi connectivity index (χ4n) is 1.87. The number of hydrogen-bond acceptors (Lipinski definition) is 3. The summed E-state index contributed by atoms with van der Waals surface area (Å²) in [6.45, 7) is 0.492. The third kappa shape index (κ3) is 4.90. The summed E-state index contributed by atoms with van der Waals surface area (Å²) in [6.07, 6.45) is 3.06. The Morgan fingerprint density at radius 1 is 1.10 bits per heavy atom. The second kappa shape index (κ2) is 7.84. The highest BCUT2D eigenvalue weighted by atomic mass is 32.2. The van der Waals surface area contributed by atoms with Gasteiger partial charge in [0.25, 0.3) is 0 Å². The smallest absolute Gasteiger partial charge is 0.163 e. The Labute approximate surface area is 128 Å². The summed E-state index contributed by atoms with van der Waals surface area (Å²) in [7, 11) is 0. The number of ketones is 1. The average molecular weight is 304 g/mol. The highest BCUT2D eigenvalue weighted by Crippen LogP contribution is 2.19. The number of carbonyl (C=O) groups excluding carboxylic acids is 1. The summed E-state index contributed by atoms with van der Waals surface area (Å²) in [6, 6.07) is 13.5. The van der Waals surface area contributed by atoms with Crippen LogP contribution in [0.15, 0.2) is 53.4 Å². The van der Waals surface area contributed by atoms with E-state index in [9.17, 15) is 9.18 Å². The number of Topliss-reactive ketones (excluding diaryl/α,β-unsaturated/α-hetero) is 1. The minimum atomic E-state index is -0.330. The van der Waals surface area contributed by atoms with Gasteiger partial charge in [0, 0.05) is 16.9 Å². The van der Waals surface area contributed by atoms with Crippen LogP contribution in [-0.2, 0) is 0 Å². The summed E-state index contributed by atoms with van der Waals surface area (Å²) in [5.41, 5.74) is 0.542. The molecule has 2 aromatic carbocycles. The maximum absolute atomic E-state index is 12.8. The molecule has 0 aliphatic carbocycles. The molecule has 0 radical (unpaired) electrons. The zero-order valence-corrected chi connectivity index (χ0v) is 12.7. The fraction of sp³-hybridized carbons (Fsp3) is 0.235. The molecule has 0 unspecified atom stereocenters. The van der Waals surface area contributed by atoms with Gasteiger partial charge in [-0.1, -0.05) is 0 Å². The van der Waals surface area contributed by atoms with Crippen LogP contribution in [0.5, 0.6) is 5.75 Å².